The third-order valence-electron chi connectivity index (χ3n) is 5.90. The van der Waals surface area contributed by atoms with Crippen LogP contribution in [0.25, 0.3) is 0 Å². The third-order valence-corrected chi connectivity index (χ3v) is 5.90. The number of rotatable bonds is 4. The summed E-state index contributed by atoms with van der Waals surface area (Å²) in [6.45, 7) is 7.71. The summed E-state index contributed by atoms with van der Waals surface area (Å²) >= 11 is 0. The van der Waals surface area contributed by atoms with E-state index in [4.69, 9.17) is 10.5 Å². The fraction of sp³-hybridized carbons (Fsp3) is 1.00. The lowest BCUT2D eigenvalue weighted by atomic mass is 9.66. The summed E-state index contributed by atoms with van der Waals surface area (Å²) in [5.74, 6) is 0.685. The monoisotopic (exact) mass is 281 g/mol. The zero-order chi connectivity index (χ0) is 14.6. The van der Waals surface area contributed by atoms with Crippen molar-refractivity contribution in [1.29, 1.82) is 0 Å². The highest BCUT2D eigenvalue weighted by molar-refractivity contribution is 5.00. The highest BCUT2D eigenvalue weighted by Gasteiger charge is 2.45. The lowest BCUT2D eigenvalue weighted by molar-refractivity contribution is -0.110. The van der Waals surface area contributed by atoms with Crippen molar-refractivity contribution in [1.82, 2.24) is 0 Å². The first-order valence-corrected chi connectivity index (χ1v) is 8.89. The Kier molecular flexibility index (Phi) is 5.53. The Bertz CT molecular complexity index is 282. The second kappa shape index (κ2) is 6.79. The quantitative estimate of drug-likeness (QED) is 0.761. The molecule has 2 heteroatoms. The molecule has 2 N–H and O–H groups in total. The maximum atomic E-state index is 6.78. The summed E-state index contributed by atoms with van der Waals surface area (Å²) in [6.07, 6.45) is 13.0. The van der Waals surface area contributed by atoms with Crippen LogP contribution in [0.4, 0.5) is 0 Å². The second-order valence-corrected chi connectivity index (χ2v) is 7.94. The van der Waals surface area contributed by atoms with Crippen molar-refractivity contribution in [2.24, 2.45) is 17.1 Å². The molecule has 20 heavy (non-hydrogen) atoms. The predicted molar refractivity (Wildman–Crippen MR) is 85.8 cm³/mol. The zero-order valence-corrected chi connectivity index (χ0v) is 13.9. The van der Waals surface area contributed by atoms with Gasteiger partial charge in [-0.3, -0.25) is 0 Å². The molecule has 0 amide bonds. The highest BCUT2D eigenvalue weighted by atomic mass is 16.5. The molecule has 1 atom stereocenters. The predicted octanol–water partition coefficient (Wildman–Crippen LogP) is 4.66. The molecule has 2 aliphatic carbocycles. The van der Waals surface area contributed by atoms with E-state index in [1.807, 2.05) is 0 Å². The molecule has 0 radical (unpaired) electrons. The Hall–Kier alpha value is -0.0800. The number of nitrogens with two attached hydrogens (primary N) is 1. The first kappa shape index (κ1) is 16.3. The van der Waals surface area contributed by atoms with Gasteiger partial charge >= 0.3 is 0 Å². The number of hydrogen-bond acceptors (Lipinski definition) is 2. The Morgan fingerprint density at radius 1 is 1.00 bits per heavy atom. The van der Waals surface area contributed by atoms with Crippen molar-refractivity contribution in [2.75, 3.05) is 6.61 Å². The van der Waals surface area contributed by atoms with Crippen LogP contribution < -0.4 is 5.73 Å². The van der Waals surface area contributed by atoms with Gasteiger partial charge in [-0.1, -0.05) is 39.5 Å². The molecule has 0 bridgehead atoms. The van der Waals surface area contributed by atoms with Crippen molar-refractivity contribution in [3.63, 3.8) is 0 Å². The Morgan fingerprint density at radius 3 is 2.05 bits per heavy atom. The van der Waals surface area contributed by atoms with Gasteiger partial charge in [-0.05, 0) is 56.8 Å². The van der Waals surface area contributed by atoms with E-state index in [-0.39, 0.29) is 11.6 Å². The van der Waals surface area contributed by atoms with Gasteiger partial charge in [0.2, 0.25) is 0 Å². The molecule has 0 heterocycles. The van der Waals surface area contributed by atoms with Crippen LogP contribution in [0.5, 0.6) is 0 Å². The zero-order valence-electron chi connectivity index (χ0n) is 13.9. The van der Waals surface area contributed by atoms with Crippen LogP contribution in [0.3, 0.4) is 0 Å². The van der Waals surface area contributed by atoms with Crippen LogP contribution in [0.2, 0.25) is 0 Å². The van der Waals surface area contributed by atoms with E-state index in [0.29, 0.717) is 11.3 Å². The summed E-state index contributed by atoms with van der Waals surface area (Å²) in [5.41, 5.74) is 7.22. The van der Waals surface area contributed by atoms with Gasteiger partial charge in [0.25, 0.3) is 0 Å². The molecule has 0 saturated heterocycles. The van der Waals surface area contributed by atoms with Crippen LogP contribution in [0.1, 0.15) is 85.0 Å². The first-order valence-electron chi connectivity index (χ1n) is 8.89. The summed E-state index contributed by atoms with van der Waals surface area (Å²) in [6, 6.07) is 0.247. The molecule has 2 saturated carbocycles. The van der Waals surface area contributed by atoms with Crippen molar-refractivity contribution in [3.8, 4) is 0 Å². The van der Waals surface area contributed by atoms with Gasteiger partial charge in [-0.25, -0.2) is 0 Å². The molecule has 1 unspecified atom stereocenters. The minimum Gasteiger partial charge on any atom is -0.374 e. The van der Waals surface area contributed by atoms with Gasteiger partial charge in [0.1, 0.15) is 0 Å². The molecule has 2 fully saturated rings. The lowest BCUT2D eigenvalue weighted by Crippen LogP contribution is -2.56. The van der Waals surface area contributed by atoms with Crippen LogP contribution in [0, 0.1) is 11.3 Å². The normalized spacial score (nSPS) is 28.8. The molecule has 118 valence electrons. The molecule has 2 aliphatic rings. The molecule has 0 aliphatic heterocycles. The smallest absolute Gasteiger partial charge is 0.0835 e. The van der Waals surface area contributed by atoms with E-state index in [1.54, 1.807) is 0 Å². The van der Waals surface area contributed by atoms with Gasteiger partial charge in [0.05, 0.1) is 5.60 Å². The highest BCUT2D eigenvalue weighted by Crippen LogP contribution is 2.45. The minimum atomic E-state index is -0.0285. The Balaban J connectivity index is 2.06. The fourth-order valence-electron chi connectivity index (χ4n) is 4.31. The molecule has 2 nitrogen and oxygen atoms in total. The van der Waals surface area contributed by atoms with Crippen molar-refractivity contribution in [2.45, 2.75) is 96.6 Å². The Labute approximate surface area is 125 Å². The van der Waals surface area contributed by atoms with Crippen molar-refractivity contribution in [3.05, 3.63) is 0 Å². The van der Waals surface area contributed by atoms with E-state index in [2.05, 4.69) is 20.8 Å². The summed E-state index contributed by atoms with van der Waals surface area (Å²) in [5, 5.41) is 0. The molecule has 0 aromatic carbocycles. The van der Waals surface area contributed by atoms with Gasteiger partial charge in [0, 0.05) is 12.6 Å². The van der Waals surface area contributed by atoms with Crippen LogP contribution in [-0.4, -0.2) is 18.2 Å². The average molecular weight is 281 g/mol. The van der Waals surface area contributed by atoms with E-state index in [1.165, 1.54) is 51.4 Å². The second-order valence-electron chi connectivity index (χ2n) is 7.94. The van der Waals surface area contributed by atoms with Gasteiger partial charge < -0.3 is 10.5 Å². The van der Waals surface area contributed by atoms with Gasteiger partial charge in [-0.2, -0.15) is 0 Å². The van der Waals surface area contributed by atoms with Crippen LogP contribution >= 0.6 is 0 Å². The molecule has 0 aromatic rings. The first-order chi connectivity index (χ1) is 9.49. The molecule has 0 aromatic heterocycles. The van der Waals surface area contributed by atoms with Crippen molar-refractivity contribution >= 4 is 0 Å². The van der Waals surface area contributed by atoms with E-state index < -0.39 is 0 Å². The largest absolute Gasteiger partial charge is 0.374 e. The number of ether oxygens (including phenoxy) is 1. The summed E-state index contributed by atoms with van der Waals surface area (Å²) in [7, 11) is 0. The Morgan fingerprint density at radius 2 is 1.55 bits per heavy atom. The van der Waals surface area contributed by atoms with E-state index in [9.17, 15) is 0 Å². The average Bonchev–Trinajstić information content (AvgIpc) is 2.70. The standard InChI is InChI=1S/C18H35NO/c1-4-20-18(13-11-17(2,3)12-14-18)16(19)15-9-7-5-6-8-10-15/h15-16H,4-14,19H2,1-3H3. The maximum Gasteiger partial charge on any atom is 0.0835 e. The van der Waals surface area contributed by atoms with Crippen LogP contribution in [-0.2, 0) is 4.74 Å². The molecule has 0 spiro atoms. The topological polar surface area (TPSA) is 35.2 Å². The molecule has 2 rings (SSSR count). The van der Waals surface area contributed by atoms with Gasteiger partial charge in [-0.15, -0.1) is 0 Å². The van der Waals surface area contributed by atoms with Gasteiger partial charge in [0.15, 0.2) is 0 Å². The minimum absolute atomic E-state index is 0.0285. The SMILES string of the molecule is CCOC1(C(N)C2CCCCCC2)CCC(C)(C)CC1. The molecular formula is C18H35NO. The van der Waals surface area contributed by atoms with E-state index >= 15 is 0 Å². The number of hydrogen-bond donors (Lipinski definition) is 1. The summed E-state index contributed by atoms with van der Waals surface area (Å²) in [4.78, 5) is 0. The van der Waals surface area contributed by atoms with Crippen molar-refractivity contribution < 1.29 is 4.74 Å². The lowest BCUT2D eigenvalue weighted by Gasteiger charge is -2.48. The third kappa shape index (κ3) is 3.76. The summed E-state index contributed by atoms with van der Waals surface area (Å²) < 4.78 is 6.29. The molecular weight excluding hydrogens is 246 g/mol. The van der Waals surface area contributed by atoms with Crippen LogP contribution in [0.15, 0.2) is 0 Å². The van der Waals surface area contributed by atoms with E-state index in [0.717, 1.165) is 19.4 Å². The fourth-order valence-corrected chi connectivity index (χ4v) is 4.31. The maximum absolute atomic E-state index is 6.78.